The molecular formula is C28H34FN7O5. The van der Waals surface area contributed by atoms with E-state index in [9.17, 15) is 9.90 Å². The maximum Gasteiger partial charge on any atom is 0.414 e. The van der Waals surface area contributed by atoms with Crippen molar-refractivity contribution in [3.8, 4) is 11.1 Å². The predicted octanol–water partition coefficient (Wildman–Crippen LogP) is 2.72. The molecule has 1 amide bonds. The van der Waals surface area contributed by atoms with Crippen molar-refractivity contribution in [3.05, 3.63) is 60.4 Å². The molecule has 12 nitrogen and oxygen atoms in total. The molecular weight excluding hydrogens is 533 g/mol. The van der Waals surface area contributed by atoms with Gasteiger partial charge in [0.25, 0.3) is 0 Å². The van der Waals surface area contributed by atoms with E-state index in [0.29, 0.717) is 55.2 Å². The molecule has 41 heavy (non-hydrogen) atoms. The second kappa shape index (κ2) is 13.1. The summed E-state index contributed by atoms with van der Waals surface area (Å²) in [6.07, 6.45) is 5.54. The first-order valence-corrected chi connectivity index (χ1v) is 13.6. The third-order valence-electron chi connectivity index (χ3n) is 6.81. The first-order valence-electron chi connectivity index (χ1n) is 13.6. The highest BCUT2D eigenvalue weighted by Gasteiger charge is 2.33. The van der Waals surface area contributed by atoms with Gasteiger partial charge in [-0.2, -0.15) is 0 Å². The third kappa shape index (κ3) is 7.43. The summed E-state index contributed by atoms with van der Waals surface area (Å²) < 4.78 is 27.7. The maximum atomic E-state index is 15.1. The van der Waals surface area contributed by atoms with E-state index in [4.69, 9.17) is 14.3 Å². The van der Waals surface area contributed by atoms with E-state index in [0.717, 1.165) is 18.6 Å². The Morgan fingerprint density at radius 3 is 2.85 bits per heavy atom. The number of amides is 1. The Labute approximate surface area is 237 Å². The van der Waals surface area contributed by atoms with E-state index < -0.39 is 24.1 Å². The lowest BCUT2D eigenvalue weighted by atomic mass is 10.0. The van der Waals surface area contributed by atoms with Gasteiger partial charge < -0.3 is 24.3 Å². The van der Waals surface area contributed by atoms with Crippen molar-refractivity contribution in [3.63, 3.8) is 0 Å². The highest BCUT2D eigenvalue weighted by molar-refractivity contribution is 5.99. The number of anilines is 1. The van der Waals surface area contributed by atoms with Crippen LogP contribution in [0.4, 0.5) is 14.9 Å². The summed E-state index contributed by atoms with van der Waals surface area (Å²) >= 11 is 0. The molecule has 13 heteroatoms. The van der Waals surface area contributed by atoms with Crippen molar-refractivity contribution in [2.24, 2.45) is 5.16 Å². The molecule has 0 spiro atoms. The zero-order valence-corrected chi connectivity index (χ0v) is 23.1. The topological polar surface area (TPSA) is 127 Å². The van der Waals surface area contributed by atoms with Gasteiger partial charge in [-0.3, -0.25) is 9.88 Å². The Hall–Kier alpha value is -3.94. The molecule has 1 fully saturated rings. The van der Waals surface area contributed by atoms with Crippen molar-refractivity contribution in [2.75, 3.05) is 45.3 Å². The molecule has 1 N–H and O–H groups in total. The van der Waals surface area contributed by atoms with Crippen LogP contribution in [0.15, 0.2) is 54.1 Å². The summed E-state index contributed by atoms with van der Waals surface area (Å²) in [6.45, 7) is 2.07. The Bertz CT molecular complexity index is 1340. The molecule has 3 atom stereocenters. The highest BCUT2D eigenvalue weighted by Crippen LogP contribution is 2.29. The average molecular weight is 568 g/mol. The van der Waals surface area contributed by atoms with Crippen LogP contribution in [0.3, 0.4) is 0 Å². The minimum atomic E-state index is -0.530. The van der Waals surface area contributed by atoms with Gasteiger partial charge in [0, 0.05) is 43.1 Å². The van der Waals surface area contributed by atoms with Gasteiger partial charge in [-0.25, -0.2) is 13.9 Å². The van der Waals surface area contributed by atoms with E-state index in [1.165, 1.54) is 11.0 Å². The van der Waals surface area contributed by atoms with Crippen molar-refractivity contribution in [1.82, 2.24) is 24.9 Å². The zero-order valence-electron chi connectivity index (χ0n) is 23.1. The number of carbonyl (C=O) groups excluding carboxylic acids is 1. The van der Waals surface area contributed by atoms with Gasteiger partial charge in [-0.05, 0) is 51.2 Å². The second-order valence-electron chi connectivity index (χ2n) is 10.4. The molecule has 5 rings (SSSR count). The summed E-state index contributed by atoms with van der Waals surface area (Å²) in [5.74, 6) is -0.470. The first-order chi connectivity index (χ1) is 19.9. The smallest absolute Gasteiger partial charge is 0.414 e. The van der Waals surface area contributed by atoms with Gasteiger partial charge >= 0.3 is 6.09 Å². The van der Waals surface area contributed by atoms with Crippen molar-refractivity contribution >= 4 is 17.5 Å². The van der Waals surface area contributed by atoms with Gasteiger partial charge in [-0.1, -0.05) is 16.4 Å². The largest absolute Gasteiger partial charge is 0.442 e. The number of cyclic esters (lactones) is 1. The van der Waals surface area contributed by atoms with Crippen LogP contribution in [0.1, 0.15) is 25.0 Å². The highest BCUT2D eigenvalue weighted by atomic mass is 19.1. The number of hydrogen-bond donors (Lipinski definition) is 1. The van der Waals surface area contributed by atoms with Gasteiger partial charge in [-0.15, -0.1) is 5.10 Å². The molecule has 1 aromatic carbocycles. The Morgan fingerprint density at radius 1 is 1.24 bits per heavy atom. The molecule has 0 radical (unpaired) electrons. The lowest BCUT2D eigenvalue weighted by molar-refractivity contribution is 0.0162. The number of benzene rings is 1. The van der Waals surface area contributed by atoms with Crippen molar-refractivity contribution in [2.45, 2.75) is 44.1 Å². The van der Waals surface area contributed by atoms with Gasteiger partial charge in [0.05, 0.1) is 43.4 Å². The summed E-state index contributed by atoms with van der Waals surface area (Å²) in [6, 6.07) is 8.25. The monoisotopic (exact) mass is 567 g/mol. The fraction of sp³-hybridized carbons (Fsp3) is 0.464. The number of aliphatic hydroxyl groups excluding tert-OH is 1. The van der Waals surface area contributed by atoms with Crippen LogP contribution in [-0.4, -0.2) is 100 Å². The SMILES string of the molecule is CN(C)CC(O)COCCCC1CC(c2ccc(-c3ccc(N4CC(Cn5ccnn5)OC4=O)cc3F)cn2)=NO1. The lowest BCUT2D eigenvalue weighted by Gasteiger charge is -2.16. The standard InChI is InChI=1S/C28H34FN7O5/c1-34(2)15-21(37)18-39-11-3-4-22-13-27(32-41-22)26-8-5-19(14-30-26)24-7-6-20(12-25(24)29)36-17-23(40-28(36)38)16-35-10-9-31-33-35/h5-10,12,14,21-23,37H,3-4,11,13,15-18H2,1-2H3. The van der Waals surface area contributed by atoms with E-state index in [1.54, 1.807) is 47.5 Å². The minimum Gasteiger partial charge on any atom is -0.442 e. The number of aromatic nitrogens is 4. The number of pyridine rings is 1. The van der Waals surface area contributed by atoms with Crippen LogP contribution in [0.2, 0.25) is 0 Å². The van der Waals surface area contributed by atoms with Crippen LogP contribution >= 0.6 is 0 Å². The second-order valence-corrected chi connectivity index (χ2v) is 10.4. The Morgan fingerprint density at radius 2 is 2.12 bits per heavy atom. The average Bonchev–Trinajstić information content (AvgIpc) is 3.70. The van der Waals surface area contributed by atoms with Crippen LogP contribution in [0.25, 0.3) is 11.1 Å². The Kier molecular flexibility index (Phi) is 9.17. The van der Waals surface area contributed by atoms with Gasteiger partial charge in [0.15, 0.2) is 0 Å². The van der Waals surface area contributed by atoms with Crippen molar-refractivity contribution < 1.29 is 28.6 Å². The molecule has 0 bridgehead atoms. The molecule has 0 saturated carbocycles. The van der Waals surface area contributed by atoms with Crippen LogP contribution in [-0.2, 0) is 20.9 Å². The number of carbonyl (C=O) groups is 1. The number of hydrogen-bond acceptors (Lipinski definition) is 10. The molecule has 218 valence electrons. The molecule has 3 aromatic rings. The van der Waals surface area contributed by atoms with E-state index >= 15 is 4.39 Å². The van der Waals surface area contributed by atoms with Gasteiger partial charge in [0.2, 0.25) is 0 Å². The number of oxime groups is 1. The van der Waals surface area contributed by atoms with Crippen LogP contribution < -0.4 is 4.90 Å². The van der Waals surface area contributed by atoms with E-state index in [2.05, 4.69) is 20.5 Å². The van der Waals surface area contributed by atoms with E-state index in [1.807, 2.05) is 19.0 Å². The zero-order chi connectivity index (χ0) is 28.8. The molecule has 1 saturated heterocycles. The molecule has 2 aliphatic rings. The molecule has 0 aliphatic carbocycles. The number of aliphatic hydroxyl groups is 1. The predicted molar refractivity (Wildman–Crippen MR) is 148 cm³/mol. The van der Waals surface area contributed by atoms with Crippen molar-refractivity contribution in [1.29, 1.82) is 0 Å². The van der Waals surface area contributed by atoms with Crippen LogP contribution in [0, 0.1) is 5.82 Å². The summed E-state index contributed by atoms with van der Waals surface area (Å²) in [5, 5.41) is 21.7. The Balaban J connectivity index is 1.11. The summed E-state index contributed by atoms with van der Waals surface area (Å²) in [7, 11) is 3.81. The first kappa shape index (κ1) is 28.6. The number of halogens is 1. The molecule has 4 heterocycles. The van der Waals surface area contributed by atoms with Crippen LogP contribution in [0.5, 0.6) is 0 Å². The van der Waals surface area contributed by atoms with Gasteiger partial charge in [0.1, 0.15) is 23.7 Å². The number of ether oxygens (including phenoxy) is 2. The number of likely N-dealkylation sites (N-methyl/N-ethyl adjacent to an activating group) is 1. The minimum absolute atomic E-state index is 0.0557. The third-order valence-corrected chi connectivity index (χ3v) is 6.81. The number of rotatable bonds is 13. The maximum absolute atomic E-state index is 15.1. The number of nitrogens with zero attached hydrogens (tertiary/aromatic N) is 7. The fourth-order valence-electron chi connectivity index (χ4n) is 4.84. The summed E-state index contributed by atoms with van der Waals surface area (Å²) in [4.78, 5) is 25.8. The van der Waals surface area contributed by atoms with E-state index in [-0.39, 0.29) is 12.6 Å². The quantitative estimate of drug-likeness (QED) is 0.310. The fourth-order valence-corrected chi connectivity index (χ4v) is 4.84. The molecule has 2 aliphatic heterocycles. The molecule has 2 aromatic heterocycles. The normalized spacial score (nSPS) is 19.4. The lowest BCUT2D eigenvalue weighted by Crippen LogP contribution is -2.29. The summed E-state index contributed by atoms with van der Waals surface area (Å²) in [5.41, 5.74) is 2.82. The molecule has 3 unspecified atom stereocenters.